The van der Waals surface area contributed by atoms with Crippen LogP contribution in [0.2, 0.25) is 5.02 Å². The Morgan fingerprint density at radius 1 is 1.20 bits per heavy atom. The van der Waals surface area contributed by atoms with Crippen LogP contribution in [0.25, 0.3) is 0 Å². The molecule has 0 aromatic heterocycles. The second-order valence-electron chi connectivity index (χ2n) is 4.95. The number of hydrogen-bond acceptors (Lipinski definition) is 4. The minimum absolute atomic E-state index is 0.165. The quantitative estimate of drug-likeness (QED) is 0.838. The van der Waals surface area contributed by atoms with Gasteiger partial charge in [0, 0.05) is 36.9 Å². The van der Waals surface area contributed by atoms with E-state index in [9.17, 15) is 8.42 Å². The molecule has 112 valence electrons. The van der Waals surface area contributed by atoms with Crippen LogP contribution >= 0.6 is 11.6 Å². The molecule has 2 rings (SSSR count). The fourth-order valence-corrected chi connectivity index (χ4v) is 3.05. The predicted octanol–water partition coefficient (Wildman–Crippen LogP) is 1.74. The fraction of sp³-hybridized carbons (Fsp3) is 0.538. The van der Waals surface area contributed by atoms with Crippen LogP contribution in [0.15, 0.2) is 24.3 Å². The first-order chi connectivity index (χ1) is 9.44. The molecule has 1 fully saturated rings. The van der Waals surface area contributed by atoms with Gasteiger partial charge in [-0.1, -0.05) is 17.7 Å². The van der Waals surface area contributed by atoms with Gasteiger partial charge in [-0.2, -0.15) is 8.42 Å². The normalized spacial score (nSPS) is 17.4. The van der Waals surface area contributed by atoms with E-state index in [2.05, 4.69) is 9.80 Å². The van der Waals surface area contributed by atoms with Gasteiger partial charge in [0.15, 0.2) is 0 Å². The zero-order valence-electron chi connectivity index (χ0n) is 11.2. The van der Waals surface area contributed by atoms with E-state index in [4.69, 9.17) is 16.2 Å². The third kappa shape index (κ3) is 4.94. The van der Waals surface area contributed by atoms with Gasteiger partial charge >= 0.3 is 0 Å². The molecule has 1 aromatic rings. The number of benzene rings is 1. The van der Waals surface area contributed by atoms with Crippen LogP contribution in [0.4, 0.5) is 5.69 Å². The first kappa shape index (κ1) is 15.6. The third-order valence-electron chi connectivity index (χ3n) is 3.42. The lowest BCUT2D eigenvalue weighted by Crippen LogP contribution is -2.46. The summed E-state index contributed by atoms with van der Waals surface area (Å²) in [4.78, 5) is 4.48. The largest absolute Gasteiger partial charge is 0.369 e. The molecule has 1 aliphatic rings. The maximum atomic E-state index is 10.7. The van der Waals surface area contributed by atoms with Crippen LogP contribution in [-0.2, 0) is 10.1 Å². The Hall–Kier alpha value is -0.820. The maximum absolute atomic E-state index is 10.7. The Kier molecular flexibility index (Phi) is 5.26. The van der Waals surface area contributed by atoms with Gasteiger partial charge in [-0.05, 0) is 31.2 Å². The maximum Gasteiger partial charge on any atom is 0.264 e. The van der Waals surface area contributed by atoms with Crippen molar-refractivity contribution in [1.29, 1.82) is 0 Å². The summed E-state index contributed by atoms with van der Waals surface area (Å²) in [5.74, 6) is -0.165. The lowest BCUT2D eigenvalue weighted by molar-refractivity contribution is 0.258. The average Bonchev–Trinajstić information content (AvgIpc) is 2.38. The molecule has 7 heteroatoms. The van der Waals surface area contributed by atoms with Gasteiger partial charge < -0.3 is 4.90 Å². The van der Waals surface area contributed by atoms with Crippen molar-refractivity contribution < 1.29 is 13.0 Å². The van der Waals surface area contributed by atoms with Gasteiger partial charge in [0.1, 0.15) is 0 Å². The highest BCUT2D eigenvalue weighted by Crippen LogP contribution is 2.20. The first-order valence-corrected chi connectivity index (χ1v) is 8.61. The van der Waals surface area contributed by atoms with Crippen LogP contribution in [0, 0.1) is 0 Å². The van der Waals surface area contributed by atoms with Crippen LogP contribution in [0.1, 0.15) is 6.42 Å². The van der Waals surface area contributed by atoms with Crippen molar-refractivity contribution in [3.8, 4) is 0 Å². The van der Waals surface area contributed by atoms with Gasteiger partial charge in [-0.3, -0.25) is 9.45 Å². The van der Waals surface area contributed by atoms with Crippen molar-refractivity contribution in [3.05, 3.63) is 29.3 Å². The molecule has 1 aliphatic heterocycles. The minimum Gasteiger partial charge on any atom is -0.369 e. The molecule has 0 spiro atoms. The molecule has 0 saturated carbocycles. The molecular weight excluding hydrogens is 300 g/mol. The molecule has 0 amide bonds. The highest BCUT2D eigenvalue weighted by molar-refractivity contribution is 7.85. The number of halogens is 1. The molecule has 1 saturated heterocycles. The second-order valence-corrected chi connectivity index (χ2v) is 6.96. The van der Waals surface area contributed by atoms with Crippen LogP contribution < -0.4 is 4.90 Å². The van der Waals surface area contributed by atoms with Crippen molar-refractivity contribution in [2.45, 2.75) is 6.42 Å². The number of rotatable bonds is 5. The second kappa shape index (κ2) is 6.76. The number of hydrogen-bond donors (Lipinski definition) is 1. The number of piperazine rings is 1. The van der Waals surface area contributed by atoms with E-state index in [1.807, 2.05) is 24.3 Å². The predicted molar refractivity (Wildman–Crippen MR) is 81.1 cm³/mol. The summed E-state index contributed by atoms with van der Waals surface area (Å²) in [6.07, 6.45) is 0.468. The fourth-order valence-electron chi connectivity index (χ4n) is 2.37. The molecule has 0 aliphatic carbocycles. The van der Waals surface area contributed by atoms with E-state index >= 15 is 0 Å². The van der Waals surface area contributed by atoms with Gasteiger partial charge in [-0.15, -0.1) is 0 Å². The molecule has 5 nitrogen and oxygen atoms in total. The zero-order valence-corrected chi connectivity index (χ0v) is 12.8. The molecule has 0 bridgehead atoms. The summed E-state index contributed by atoms with van der Waals surface area (Å²) in [6.45, 7) is 4.26. The molecule has 0 radical (unpaired) electrons. The van der Waals surface area contributed by atoms with E-state index < -0.39 is 10.1 Å². The number of nitrogens with zero attached hydrogens (tertiary/aromatic N) is 2. The number of anilines is 1. The lowest BCUT2D eigenvalue weighted by Gasteiger charge is -2.36. The summed E-state index contributed by atoms with van der Waals surface area (Å²) in [7, 11) is -3.84. The molecular formula is C13H19ClN2O3S. The summed E-state index contributed by atoms with van der Waals surface area (Å²) in [6, 6.07) is 7.79. The molecule has 1 N–H and O–H groups in total. The topological polar surface area (TPSA) is 60.9 Å². The van der Waals surface area contributed by atoms with Crippen molar-refractivity contribution in [2.24, 2.45) is 0 Å². The van der Waals surface area contributed by atoms with Gasteiger partial charge in [-0.25, -0.2) is 0 Å². The first-order valence-electron chi connectivity index (χ1n) is 6.62. The molecule has 0 atom stereocenters. The van der Waals surface area contributed by atoms with Crippen LogP contribution in [0.5, 0.6) is 0 Å². The highest BCUT2D eigenvalue weighted by Gasteiger charge is 2.17. The Balaban J connectivity index is 1.78. The third-order valence-corrected chi connectivity index (χ3v) is 4.46. The Bertz CT molecular complexity index is 542. The summed E-state index contributed by atoms with van der Waals surface area (Å²) >= 11 is 5.99. The van der Waals surface area contributed by atoms with Crippen LogP contribution in [0.3, 0.4) is 0 Å². The summed E-state index contributed by atoms with van der Waals surface area (Å²) in [5.41, 5.74) is 1.12. The van der Waals surface area contributed by atoms with Crippen LogP contribution in [-0.4, -0.2) is 56.3 Å². The SMILES string of the molecule is O=S(=O)(O)CCCN1CCN(c2cccc(Cl)c2)CC1. The standard InChI is InChI=1S/C13H19ClN2O3S/c14-12-3-1-4-13(11-12)16-8-6-15(7-9-16)5-2-10-20(17,18)19/h1,3-4,11H,2,5-10H2,(H,17,18,19). The van der Waals surface area contributed by atoms with Crippen molar-refractivity contribution >= 4 is 27.4 Å². The Morgan fingerprint density at radius 2 is 1.90 bits per heavy atom. The zero-order chi connectivity index (χ0) is 14.6. The molecule has 0 unspecified atom stereocenters. The van der Waals surface area contributed by atoms with E-state index in [1.54, 1.807) is 0 Å². The molecule has 20 heavy (non-hydrogen) atoms. The minimum atomic E-state index is -3.84. The average molecular weight is 319 g/mol. The monoisotopic (exact) mass is 318 g/mol. The van der Waals surface area contributed by atoms with E-state index in [0.29, 0.717) is 13.0 Å². The van der Waals surface area contributed by atoms with Crippen molar-refractivity contribution in [2.75, 3.05) is 43.4 Å². The smallest absolute Gasteiger partial charge is 0.264 e. The Morgan fingerprint density at radius 3 is 2.50 bits per heavy atom. The summed E-state index contributed by atoms with van der Waals surface area (Å²) in [5, 5.41) is 0.734. The van der Waals surface area contributed by atoms with Gasteiger partial charge in [0.05, 0.1) is 5.75 Å². The van der Waals surface area contributed by atoms with E-state index in [-0.39, 0.29) is 5.75 Å². The molecule has 1 heterocycles. The van der Waals surface area contributed by atoms with E-state index in [1.165, 1.54) is 0 Å². The lowest BCUT2D eigenvalue weighted by atomic mass is 10.2. The van der Waals surface area contributed by atoms with Crippen molar-refractivity contribution in [1.82, 2.24) is 4.90 Å². The van der Waals surface area contributed by atoms with Gasteiger partial charge in [0.2, 0.25) is 0 Å². The summed E-state index contributed by atoms with van der Waals surface area (Å²) < 4.78 is 30.0. The van der Waals surface area contributed by atoms with Crippen molar-refractivity contribution in [3.63, 3.8) is 0 Å². The molecule has 1 aromatic carbocycles. The highest BCUT2D eigenvalue weighted by atomic mass is 35.5. The Labute approximate surface area is 124 Å². The van der Waals surface area contributed by atoms with E-state index in [0.717, 1.165) is 36.9 Å². The van der Waals surface area contributed by atoms with Gasteiger partial charge in [0.25, 0.3) is 10.1 Å².